The van der Waals surface area contributed by atoms with E-state index in [1.807, 2.05) is 29.2 Å². The zero-order valence-corrected chi connectivity index (χ0v) is 14.2. The summed E-state index contributed by atoms with van der Waals surface area (Å²) in [5.41, 5.74) is 0.916. The van der Waals surface area contributed by atoms with Gasteiger partial charge in [-0.05, 0) is 43.9 Å². The van der Waals surface area contributed by atoms with E-state index in [4.69, 9.17) is 4.74 Å². The van der Waals surface area contributed by atoms with Gasteiger partial charge in [0, 0.05) is 19.5 Å². The molecule has 0 radical (unpaired) electrons. The van der Waals surface area contributed by atoms with Crippen LogP contribution in [0.3, 0.4) is 0 Å². The van der Waals surface area contributed by atoms with E-state index in [1.54, 1.807) is 7.11 Å². The lowest BCUT2D eigenvalue weighted by molar-refractivity contribution is -0.135. The van der Waals surface area contributed by atoms with Gasteiger partial charge >= 0.3 is 0 Å². The zero-order chi connectivity index (χ0) is 16.8. The Balaban J connectivity index is 2.10. The maximum atomic E-state index is 12.6. The first-order valence-corrected chi connectivity index (χ1v) is 8.21. The van der Waals surface area contributed by atoms with Crippen molar-refractivity contribution >= 4 is 11.8 Å². The van der Waals surface area contributed by atoms with Crippen LogP contribution in [-0.2, 0) is 9.59 Å². The van der Waals surface area contributed by atoms with Gasteiger partial charge in [0.2, 0.25) is 11.8 Å². The van der Waals surface area contributed by atoms with Gasteiger partial charge in [-0.3, -0.25) is 9.59 Å². The summed E-state index contributed by atoms with van der Waals surface area (Å²) >= 11 is 0. The van der Waals surface area contributed by atoms with Crippen molar-refractivity contribution in [3.8, 4) is 5.75 Å². The molecule has 1 heterocycles. The molecule has 0 spiro atoms. The molecule has 1 aliphatic heterocycles. The van der Waals surface area contributed by atoms with Gasteiger partial charge in [-0.15, -0.1) is 0 Å². The number of hydrogen-bond acceptors (Lipinski definition) is 3. The number of carbonyl (C=O) groups excluding carboxylic acids is 2. The van der Waals surface area contributed by atoms with Gasteiger partial charge in [0.1, 0.15) is 5.75 Å². The van der Waals surface area contributed by atoms with Gasteiger partial charge in [-0.2, -0.15) is 0 Å². The van der Waals surface area contributed by atoms with E-state index in [9.17, 15) is 9.59 Å². The van der Waals surface area contributed by atoms with Crippen molar-refractivity contribution in [2.75, 3.05) is 13.7 Å². The molecule has 0 unspecified atom stereocenters. The van der Waals surface area contributed by atoms with Gasteiger partial charge in [-0.25, -0.2) is 0 Å². The van der Waals surface area contributed by atoms with E-state index in [0.29, 0.717) is 0 Å². The second-order valence-corrected chi connectivity index (χ2v) is 6.16. The number of ether oxygens (including phenoxy) is 1. The molecule has 23 heavy (non-hydrogen) atoms. The minimum Gasteiger partial charge on any atom is -0.497 e. The number of hydrogen-bond donors (Lipinski definition) is 1. The van der Waals surface area contributed by atoms with Crippen LogP contribution in [0.15, 0.2) is 24.3 Å². The number of methoxy groups -OCH3 is 1. The number of rotatable bonds is 5. The van der Waals surface area contributed by atoms with E-state index in [1.165, 1.54) is 13.3 Å². The van der Waals surface area contributed by atoms with Crippen molar-refractivity contribution in [3.63, 3.8) is 0 Å². The van der Waals surface area contributed by atoms with Crippen LogP contribution in [0.5, 0.6) is 5.75 Å². The summed E-state index contributed by atoms with van der Waals surface area (Å²) in [6, 6.07) is 7.46. The van der Waals surface area contributed by atoms with Crippen molar-refractivity contribution in [1.82, 2.24) is 10.2 Å². The lowest BCUT2D eigenvalue weighted by Gasteiger charge is -2.34. The molecule has 0 aromatic heterocycles. The fraction of sp³-hybridized carbons (Fsp3) is 0.556. The van der Waals surface area contributed by atoms with Crippen LogP contribution < -0.4 is 10.1 Å². The van der Waals surface area contributed by atoms with Crippen LogP contribution in [0.25, 0.3) is 0 Å². The summed E-state index contributed by atoms with van der Waals surface area (Å²) in [7, 11) is 1.61. The number of carbonyl (C=O) groups is 2. The third-order valence-corrected chi connectivity index (χ3v) is 4.40. The first-order valence-electron chi connectivity index (χ1n) is 8.21. The Kier molecular flexibility index (Phi) is 6.02. The molecule has 126 valence electrons. The normalized spacial score (nSPS) is 19.1. The van der Waals surface area contributed by atoms with Gasteiger partial charge < -0.3 is 15.0 Å². The predicted octanol–water partition coefficient (Wildman–Crippen LogP) is 2.66. The monoisotopic (exact) mass is 318 g/mol. The van der Waals surface area contributed by atoms with Gasteiger partial charge in [0.05, 0.1) is 19.6 Å². The molecular formula is C18H26N2O3. The molecule has 0 bridgehead atoms. The molecule has 5 heteroatoms. The maximum absolute atomic E-state index is 12.6. The molecule has 1 aromatic carbocycles. The molecule has 2 atom stereocenters. The van der Waals surface area contributed by atoms with Crippen LogP contribution in [0.4, 0.5) is 0 Å². The van der Waals surface area contributed by atoms with Crippen molar-refractivity contribution in [3.05, 3.63) is 29.8 Å². The fourth-order valence-corrected chi connectivity index (χ4v) is 3.09. The third-order valence-electron chi connectivity index (χ3n) is 4.40. The van der Waals surface area contributed by atoms with E-state index in [-0.39, 0.29) is 30.3 Å². The largest absolute Gasteiger partial charge is 0.497 e. The molecule has 1 aliphatic rings. The predicted molar refractivity (Wildman–Crippen MR) is 89.2 cm³/mol. The highest BCUT2D eigenvalue weighted by molar-refractivity contribution is 5.79. The van der Waals surface area contributed by atoms with Crippen LogP contribution >= 0.6 is 0 Å². The summed E-state index contributed by atoms with van der Waals surface area (Å²) in [5, 5.41) is 2.89. The standard InChI is InChI=1S/C18H26N2O3/c1-13-6-4-5-11-20(13)18(22)12-17(19-14(2)21)15-7-9-16(23-3)10-8-15/h7-10,13,17H,4-6,11-12H2,1-3H3,(H,19,21)/t13-,17-/m1/s1. The molecular weight excluding hydrogens is 292 g/mol. The minimum atomic E-state index is -0.306. The summed E-state index contributed by atoms with van der Waals surface area (Å²) < 4.78 is 5.16. The maximum Gasteiger partial charge on any atom is 0.225 e. The molecule has 1 fully saturated rings. The van der Waals surface area contributed by atoms with E-state index in [0.717, 1.165) is 30.7 Å². The first kappa shape index (κ1) is 17.3. The van der Waals surface area contributed by atoms with Crippen molar-refractivity contribution in [2.45, 2.75) is 51.6 Å². The Morgan fingerprint density at radius 2 is 2.00 bits per heavy atom. The van der Waals surface area contributed by atoms with E-state index >= 15 is 0 Å². The Morgan fingerprint density at radius 1 is 1.30 bits per heavy atom. The minimum absolute atomic E-state index is 0.103. The fourth-order valence-electron chi connectivity index (χ4n) is 3.09. The third kappa shape index (κ3) is 4.71. The number of nitrogens with one attached hydrogen (secondary N) is 1. The second-order valence-electron chi connectivity index (χ2n) is 6.16. The van der Waals surface area contributed by atoms with Crippen LogP contribution in [0.1, 0.15) is 51.1 Å². The quantitative estimate of drug-likeness (QED) is 0.908. The van der Waals surface area contributed by atoms with E-state index < -0.39 is 0 Å². The molecule has 1 N–H and O–H groups in total. The number of benzene rings is 1. The molecule has 2 amide bonds. The Hall–Kier alpha value is -2.04. The molecule has 2 rings (SSSR count). The smallest absolute Gasteiger partial charge is 0.225 e. The highest BCUT2D eigenvalue weighted by Crippen LogP contribution is 2.24. The lowest BCUT2D eigenvalue weighted by atomic mass is 9.99. The SMILES string of the molecule is COc1ccc([C@@H](CC(=O)N2CCCC[C@H]2C)NC(C)=O)cc1. The summed E-state index contributed by atoms with van der Waals surface area (Å²) in [6.45, 7) is 4.39. The Labute approximate surface area is 138 Å². The number of likely N-dealkylation sites (tertiary alicyclic amines) is 1. The first-order chi connectivity index (χ1) is 11.0. The lowest BCUT2D eigenvalue weighted by Crippen LogP contribution is -2.43. The van der Waals surface area contributed by atoms with E-state index in [2.05, 4.69) is 12.2 Å². The highest BCUT2D eigenvalue weighted by atomic mass is 16.5. The number of nitrogens with zero attached hydrogens (tertiary/aromatic N) is 1. The van der Waals surface area contributed by atoms with Gasteiger partial charge in [0.15, 0.2) is 0 Å². The molecule has 1 saturated heterocycles. The highest BCUT2D eigenvalue weighted by Gasteiger charge is 2.26. The second kappa shape index (κ2) is 7.99. The Bertz CT molecular complexity index is 542. The molecule has 1 aromatic rings. The number of amides is 2. The van der Waals surface area contributed by atoms with Crippen molar-refractivity contribution in [1.29, 1.82) is 0 Å². The topological polar surface area (TPSA) is 58.6 Å². The zero-order valence-electron chi connectivity index (χ0n) is 14.2. The summed E-state index contributed by atoms with van der Waals surface area (Å²) in [4.78, 5) is 26.1. The molecule has 0 aliphatic carbocycles. The molecule has 5 nitrogen and oxygen atoms in total. The van der Waals surface area contributed by atoms with Crippen LogP contribution in [-0.4, -0.2) is 36.4 Å². The summed E-state index contributed by atoms with van der Waals surface area (Å²) in [6.07, 6.45) is 3.58. The van der Waals surface area contributed by atoms with Gasteiger partial charge in [0.25, 0.3) is 0 Å². The Morgan fingerprint density at radius 3 is 2.57 bits per heavy atom. The van der Waals surface area contributed by atoms with Gasteiger partial charge in [-0.1, -0.05) is 12.1 Å². The summed E-state index contributed by atoms with van der Waals surface area (Å²) in [5.74, 6) is 0.725. The molecule has 0 saturated carbocycles. The average molecular weight is 318 g/mol. The van der Waals surface area contributed by atoms with Crippen molar-refractivity contribution < 1.29 is 14.3 Å². The van der Waals surface area contributed by atoms with Crippen LogP contribution in [0, 0.1) is 0 Å². The average Bonchev–Trinajstić information content (AvgIpc) is 2.54. The van der Waals surface area contributed by atoms with Crippen LogP contribution in [0.2, 0.25) is 0 Å². The van der Waals surface area contributed by atoms with Crippen molar-refractivity contribution in [2.24, 2.45) is 0 Å². The number of piperidine rings is 1.